The molecule has 8 heteroatoms. The van der Waals surface area contributed by atoms with Gasteiger partial charge in [0, 0.05) is 0 Å². The van der Waals surface area contributed by atoms with Crippen molar-refractivity contribution >= 4 is 29.4 Å². The second-order valence-electron chi connectivity index (χ2n) is 5.37. The summed E-state index contributed by atoms with van der Waals surface area (Å²) in [6, 6.07) is 9.78. The van der Waals surface area contributed by atoms with Crippen molar-refractivity contribution in [3.8, 4) is 5.75 Å². The third kappa shape index (κ3) is 3.00. The number of ether oxygens (including phenoxy) is 2. The van der Waals surface area contributed by atoms with Gasteiger partial charge in [-0.25, -0.2) is 14.5 Å². The average Bonchev–Trinajstić information content (AvgIpc) is 2.90. The average molecular weight is 355 g/mol. The van der Waals surface area contributed by atoms with Gasteiger partial charge in [0.1, 0.15) is 5.75 Å². The lowest BCUT2D eigenvalue weighted by atomic mass is 10.1. The van der Waals surface area contributed by atoms with E-state index in [0.717, 1.165) is 4.90 Å². The van der Waals surface area contributed by atoms with E-state index in [1.54, 1.807) is 0 Å². The minimum atomic E-state index is -1.18. The molecule has 0 atom stereocenters. The predicted octanol–water partition coefficient (Wildman–Crippen LogP) is 1.74. The van der Waals surface area contributed by atoms with Gasteiger partial charge in [-0.15, -0.1) is 0 Å². The molecule has 1 heterocycles. The summed E-state index contributed by atoms with van der Waals surface area (Å²) in [6.45, 7) is -0.263. The maximum atomic E-state index is 12.5. The SMILES string of the molecule is COC(=O)COc1ccc(N2C(=O)c3ccc(C(=O)O)cc3C2=O)cc1. The number of imide groups is 1. The van der Waals surface area contributed by atoms with Crippen LogP contribution in [0.25, 0.3) is 0 Å². The minimum Gasteiger partial charge on any atom is -0.482 e. The first-order valence-electron chi connectivity index (χ1n) is 7.48. The molecule has 0 saturated heterocycles. The third-order valence-corrected chi connectivity index (χ3v) is 3.81. The summed E-state index contributed by atoms with van der Waals surface area (Å²) in [5, 5.41) is 9.03. The number of benzene rings is 2. The van der Waals surface area contributed by atoms with Crippen molar-refractivity contribution in [1.82, 2.24) is 0 Å². The van der Waals surface area contributed by atoms with E-state index in [1.165, 1.54) is 49.6 Å². The number of carbonyl (C=O) groups excluding carboxylic acids is 3. The molecule has 0 radical (unpaired) electrons. The van der Waals surface area contributed by atoms with Crippen LogP contribution < -0.4 is 9.64 Å². The highest BCUT2D eigenvalue weighted by atomic mass is 16.6. The molecule has 1 aliphatic heterocycles. The second kappa shape index (κ2) is 6.67. The molecule has 2 aromatic rings. The summed E-state index contributed by atoms with van der Waals surface area (Å²) >= 11 is 0. The molecule has 0 bridgehead atoms. The lowest BCUT2D eigenvalue weighted by Gasteiger charge is -2.14. The number of esters is 1. The number of carboxylic acid groups (broad SMARTS) is 1. The van der Waals surface area contributed by atoms with Gasteiger partial charge in [0.15, 0.2) is 6.61 Å². The zero-order valence-corrected chi connectivity index (χ0v) is 13.6. The smallest absolute Gasteiger partial charge is 0.343 e. The highest BCUT2D eigenvalue weighted by molar-refractivity contribution is 6.34. The van der Waals surface area contributed by atoms with Crippen LogP contribution in [0, 0.1) is 0 Å². The summed E-state index contributed by atoms with van der Waals surface area (Å²) in [6.07, 6.45) is 0. The molecule has 2 aromatic carbocycles. The Labute approximate surface area is 147 Å². The van der Waals surface area contributed by atoms with Gasteiger partial charge in [0.2, 0.25) is 0 Å². The Bertz CT molecular complexity index is 918. The van der Waals surface area contributed by atoms with Crippen LogP contribution in [-0.2, 0) is 9.53 Å². The Kier molecular flexibility index (Phi) is 4.40. The van der Waals surface area contributed by atoms with Crippen LogP contribution in [0.3, 0.4) is 0 Å². The quantitative estimate of drug-likeness (QED) is 0.642. The number of rotatable bonds is 5. The summed E-state index contributed by atoms with van der Waals surface area (Å²) in [5.74, 6) is -2.49. The number of methoxy groups -OCH3 is 1. The Balaban J connectivity index is 1.84. The fraction of sp³-hybridized carbons (Fsp3) is 0.111. The number of fused-ring (bicyclic) bond motifs is 1. The molecule has 0 spiro atoms. The molecule has 26 heavy (non-hydrogen) atoms. The zero-order valence-electron chi connectivity index (χ0n) is 13.6. The van der Waals surface area contributed by atoms with E-state index in [1.807, 2.05) is 0 Å². The van der Waals surface area contributed by atoms with Crippen LogP contribution in [0.5, 0.6) is 5.75 Å². The van der Waals surface area contributed by atoms with Crippen LogP contribution in [0.1, 0.15) is 31.1 Å². The van der Waals surface area contributed by atoms with Crippen molar-refractivity contribution in [3.63, 3.8) is 0 Å². The van der Waals surface area contributed by atoms with Crippen LogP contribution in [-0.4, -0.2) is 42.6 Å². The van der Waals surface area contributed by atoms with E-state index in [2.05, 4.69) is 4.74 Å². The Morgan fingerprint density at radius 1 is 1.00 bits per heavy atom. The lowest BCUT2D eigenvalue weighted by molar-refractivity contribution is -0.142. The van der Waals surface area contributed by atoms with Gasteiger partial charge < -0.3 is 14.6 Å². The number of hydrogen-bond donors (Lipinski definition) is 1. The van der Waals surface area contributed by atoms with Crippen LogP contribution >= 0.6 is 0 Å². The van der Waals surface area contributed by atoms with E-state index in [4.69, 9.17) is 9.84 Å². The van der Waals surface area contributed by atoms with Crippen LogP contribution in [0.2, 0.25) is 0 Å². The molecule has 1 aliphatic rings. The third-order valence-electron chi connectivity index (χ3n) is 3.81. The normalized spacial score (nSPS) is 12.7. The zero-order chi connectivity index (χ0) is 18.8. The highest BCUT2D eigenvalue weighted by Gasteiger charge is 2.37. The Morgan fingerprint density at radius 2 is 1.65 bits per heavy atom. The number of anilines is 1. The molecular weight excluding hydrogens is 342 g/mol. The highest BCUT2D eigenvalue weighted by Crippen LogP contribution is 2.30. The van der Waals surface area contributed by atoms with Gasteiger partial charge in [-0.1, -0.05) is 0 Å². The summed E-state index contributed by atoms with van der Waals surface area (Å²) in [7, 11) is 1.24. The number of hydrogen-bond acceptors (Lipinski definition) is 6. The summed E-state index contributed by atoms with van der Waals surface area (Å²) < 4.78 is 9.67. The maximum Gasteiger partial charge on any atom is 0.343 e. The maximum absolute atomic E-state index is 12.5. The first-order chi connectivity index (χ1) is 12.4. The largest absolute Gasteiger partial charge is 0.482 e. The van der Waals surface area contributed by atoms with Crippen molar-refractivity contribution in [1.29, 1.82) is 0 Å². The number of nitrogens with zero attached hydrogens (tertiary/aromatic N) is 1. The van der Waals surface area contributed by atoms with Crippen molar-refractivity contribution in [2.75, 3.05) is 18.6 Å². The van der Waals surface area contributed by atoms with Crippen molar-refractivity contribution in [2.24, 2.45) is 0 Å². The number of carboxylic acids is 1. The fourth-order valence-electron chi connectivity index (χ4n) is 2.50. The molecule has 0 saturated carbocycles. The molecule has 2 amide bonds. The van der Waals surface area contributed by atoms with Crippen molar-refractivity contribution < 1.29 is 33.8 Å². The van der Waals surface area contributed by atoms with Gasteiger partial charge in [-0.3, -0.25) is 9.59 Å². The van der Waals surface area contributed by atoms with Crippen LogP contribution in [0.15, 0.2) is 42.5 Å². The molecule has 0 unspecified atom stereocenters. The molecule has 0 fully saturated rings. The second-order valence-corrected chi connectivity index (χ2v) is 5.37. The van der Waals surface area contributed by atoms with Gasteiger partial charge >= 0.3 is 11.9 Å². The molecule has 0 aliphatic carbocycles. The Hall–Kier alpha value is -3.68. The molecule has 8 nitrogen and oxygen atoms in total. The van der Waals surface area contributed by atoms with Gasteiger partial charge in [0.25, 0.3) is 11.8 Å². The van der Waals surface area contributed by atoms with Crippen molar-refractivity contribution in [2.45, 2.75) is 0 Å². The number of carbonyl (C=O) groups is 4. The summed E-state index contributed by atoms with van der Waals surface area (Å²) in [5.41, 5.74) is 0.420. The van der Waals surface area contributed by atoms with Gasteiger partial charge in [-0.05, 0) is 42.5 Å². The molecule has 3 rings (SSSR count). The summed E-state index contributed by atoms with van der Waals surface area (Å²) in [4.78, 5) is 48.1. The topological polar surface area (TPSA) is 110 Å². The first kappa shape index (κ1) is 17.2. The van der Waals surface area contributed by atoms with Crippen LogP contribution in [0.4, 0.5) is 5.69 Å². The lowest BCUT2D eigenvalue weighted by Crippen LogP contribution is -2.29. The van der Waals surface area contributed by atoms with Crippen molar-refractivity contribution in [3.05, 3.63) is 59.2 Å². The molecule has 132 valence electrons. The minimum absolute atomic E-state index is 0.0425. The standard InChI is InChI=1S/C18H13NO7/c1-25-15(20)9-26-12-5-3-11(4-6-12)19-16(21)13-7-2-10(18(23)24)8-14(13)17(19)22/h2-8H,9H2,1H3,(H,23,24). The molecule has 0 aromatic heterocycles. The predicted molar refractivity (Wildman–Crippen MR) is 88.5 cm³/mol. The van der Waals surface area contributed by atoms with E-state index < -0.39 is 23.8 Å². The van der Waals surface area contributed by atoms with E-state index in [-0.39, 0.29) is 23.3 Å². The van der Waals surface area contributed by atoms with E-state index in [0.29, 0.717) is 11.4 Å². The van der Waals surface area contributed by atoms with E-state index in [9.17, 15) is 19.2 Å². The number of aromatic carboxylic acids is 1. The van der Waals surface area contributed by atoms with Gasteiger partial charge in [0.05, 0.1) is 29.5 Å². The number of amides is 2. The molecular formula is C18H13NO7. The Morgan fingerprint density at radius 3 is 2.27 bits per heavy atom. The monoisotopic (exact) mass is 355 g/mol. The van der Waals surface area contributed by atoms with Gasteiger partial charge in [-0.2, -0.15) is 0 Å². The molecule has 1 N–H and O–H groups in total. The fourth-order valence-corrected chi connectivity index (χ4v) is 2.50. The first-order valence-corrected chi connectivity index (χ1v) is 7.48. The van der Waals surface area contributed by atoms with E-state index >= 15 is 0 Å².